The smallest absolute Gasteiger partial charge is 0.217 e. The molecule has 1 atom stereocenters. The zero-order valence-corrected chi connectivity index (χ0v) is 15.5. The maximum Gasteiger partial charge on any atom is 0.217 e. The molecule has 0 radical (unpaired) electrons. The molecule has 2 aromatic heterocycles. The van der Waals surface area contributed by atoms with Gasteiger partial charge < -0.3 is 5.32 Å². The third kappa shape index (κ3) is 3.90. The maximum absolute atomic E-state index is 11.1. The average molecular weight is 341 g/mol. The van der Waals surface area contributed by atoms with Gasteiger partial charge in [-0.1, -0.05) is 6.07 Å². The van der Waals surface area contributed by atoms with E-state index in [0.717, 1.165) is 36.6 Å². The van der Waals surface area contributed by atoms with Gasteiger partial charge in [-0.25, -0.2) is 0 Å². The van der Waals surface area contributed by atoms with E-state index < -0.39 is 0 Å². The predicted octanol–water partition coefficient (Wildman–Crippen LogP) is 2.41. The summed E-state index contributed by atoms with van der Waals surface area (Å²) in [7, 11) is 2.00. The molecule has 3 rings (SSSR count). The molecule has 1 aliphatic heterocycles. The molecule has 6 heteroatoms. The number of carbonyl (C=O) groups excluding carboxylic acids is 1. The number of aromatic nitrogens is 3. The molecule has 134 valence electrons. The highest BCUT2D eigenvalue weighted by Gasteiger charge is 2.28. The van der Waals surface area contributed by atoms with E-state index in [-0.39, 0.29) is 5.91 Å². The van der Waals surface area contributed by atoms with Gasteiger partial charge in [0.05, 0.1) is 29.7 Å². The fourth-order valence-electron chi connectivity index (χ4n) is 3.60. The number of carbonyl (C=O) groups is 1. The van der Waals surface area contributed by atoms with Crippen LogP contribution in [0, 0.1) is 13.8 Å². The van der Waals surface area contributed by atoms with E-state index in [1.54, 1.807) is 0 Å². The lowest BCUT2D eigenvalue weighted by atomic mass is 10.1. The van der Waals surface area contributed by atoms with Crippen molar-refractivity contribution in [3.63, 3.8) is 0 Å². The van der Waals surface area contributed by atoms with Gasteiger partial charge in [-0.2, -0.15) is 5.10 Å². The molecule has 25 heavy (non-hydrogen) atoms. The number of nitrogens with zero attached hydrogens (tertiary/aromatic N) is 4. The Morgan fingerprint density at radius 1 is 1.36 bits per heavy atom. The fourth-order valence-corrected chi connectivity index (χ4v) is 3.60. The summed E-state index contributed by atoms with van der Waals surface area (Å²) in [5.74, 6) is -0.0303. The lowest BCUT2D eigenvalue weighted by Gasteiger charge is -2.24. The Bertz CT molecular complexity index is 767. The van der Waals surface area contributed by atoms with Gasteiger partial charge in [0.1, 0.15) is 0 Å². The van der Waals surface area contributed by atoms with Crippen molar-refractivity contribution in [2.24, 2.45) is 7.05 Å². The largest absolute Gasteiger partial charge is 0.351 e. The summed E-state index contributed by atoms with van der Waals surface area (Å²) in [6, 6.07) is 6.43. The molecular formula is C19H27N5O. The second-order valence-electron chi connectivity index (χ2n) is 6.87. The lowest BCUT2D eigenvalue weighted by molar-refractivity contribution is -0.119. The van der Waals surface area contributed by atoms with Gasteiger partial charge in [0.25, 0.3) is 0 Å². The molecule has 0 unspecified atom stereocenters. The van der Waals surface area contributed by atoms with Crippen LogP contribution in [0.5, 0.6) is 0 Å². The highest BCUT2D eigenvalue weighted by atomic mass is 16.1. The quantitative estimate of drug-likeness (QED) is 0.907. The van der Waals surface area contributed by atoms with Crippen LogP contribution in [0.1, 0.15) is 54.1 Å². The molecule has 0 aliphatic carbocycles. The number of hydrogen-bond acceptors (Lipinski definition) is 4. The molecule has 1 aliphatic rings. The van der Waals surface area contributed by atoms with E-state index in [2.05, 4.69) is 35.2 Å². The van der Waals surface area contributed by atoms with Gasteiger partial charge in [0.15, 0.2) is 0 Å². The molecule has 3 heterocycles. The van der Waals surface area contributed by atoms with Gasteiger partial charge in [-0.15, -0.1) is 0 Å². The second kappa shape index (κ2) is 7.35. The third-order valence-electron chi connectivity index (χ3n) is 5.07. The zero-order valence-electron chi connectivity index (χ0n) is 15.5. The van der Waals surface area contributed by atoms with Gasteiger partial charge in [0, 0.05) is 31.8 Å². The van der Waals surface area contributed by atoms with Crippen LogP contribution < -0.4 is 5.32 Å². The van der Waals surface area contributed by atoms with E-state index in [1.165, 1.54) is 24.6 Å². The van der Waals surface area contributed by atoms with Crippen molar-refractivity contribution < 1.29 is 4.79 Å². The maximum atomic E-state index is 11.1. The minimum absolute atomic E-state index is 0.0303. The van der Waals surface area contributed by atoms with Crippen LogP contribution in [0.15, 0.2) is 18.2 Å². The molecular weight excluding hydrogens is 314 g/mol. The minimum atomic E-state index is -0.0303. The molecule has 6 nitrogen and oxygen atoms in total. The molecule has 0 saturated carbocycles. The number of rotatable bonds is 5. The Balaban J connectivity index is 1.77. The third-order valence-corrected chi connectivity index (χ3v) is 5.07. The number of likely N-dealkylation sites (tertiary alicyclic amines) is 1. The van der Waals surface area contributed by atoms with E-state index in [9.17, 15) is 4.79 Å². The number of pyridine rings is 1. The van der Waals surface area contributed by atoms with Crippen LogP contribution in [0.2, 0.25) is 0 Å². The van der Waals surface area contributed by atoms with Crippen molar-refractivity contribution >= 4 is 5.91 Å². The normalized spacial score (nSPS) is 17.8. The minimum Gasteiger partial charge on any atom is -0.351 e. The molecule has 1 saturated heterocycles. The summed E-state index contributed by atoms with van der Waals surface area (Å²) >= 11 is 0. The monoisotopic (exact) mass is 341 g/mol. The van der Waals surface area contributed by atoms with Gasteiger partial charge in [-0.3, -0.25) is 19.4 Å². The first kappa shape index (κ1) is 17.6. The van der Waals surface area contributed by atoms with E-state index in [4.69, 9.17) is 4.98 Å². The zero-order chi connectivity index (χ0) is 18.0. The molecule has 0 bridgehead atoms. The SMILES string of the molecule is CC(=O)NCc1cccc([C@@H]2CCCN2Cc2c(C)nn(C)c2C)n1. The Hall–Kier alpha value is -2.21. The van der Waals surface area contributed by atoms with Crippen LogP contribution in [0.4, 0.5) is 0 Å². The highest BCUT2D eigenvalue weighted by Crippen LogP contribution is 2.33. The standard InChI is InChI=1S/C19H27N5O/c1-13-17(14(2)23(4)22-13)12-24-10-6-9-19(24)18-8-5-7-16(21-18)11-20-15(3)25/h5,7-8,19H,6,9-12H2,1-4H3,(H,20,25)/t19-/m0/s1. The van der Waals surface area contributed by atoms with Crippen LogP contribution in [0.3, 0.4) is 0 Å². The number of nitrogens with one attached hydrogen (secondary N) is 1. The van der Waals surface area contributed by atoms with Gasteiger partial charge in [0.2, 0.25) is 5.91 Å². The van der Waals surface area contributed by atoms with Crippen LogP contribution in [-0.2, 0) is 24.9 Å². The molecule has 0 aromatic carbocycles. The van der Waals surface area contributed by atoms with Crippen molar-refractivity contribution in [3.8, 4) is 0 Å². The van der Waals surface area contributed by atoms with Gasteiger partial charge >= 0.3 is 0 Å². The number of aryl methyl sites for hydroxylation is 2. The van der Waals surface area contributed by atoms with Crippen molar-refractivity contribution in [2.75, 3.05) is 6.54 Å². The van der Waals surface area contributed by atoms with Crippen molar-refractivity contribution in [2.45, 2.75) is 52.7 Å². The topological polar surface area (TPSA) is 63.1 Å². The summed E-state index contributed by atoms with van der Waals surface area (Å²) < 4.78 is 1.96. The van der Waals surface area contributed by atoms with E-state index in [1.807, 2.05) is 23.9 Å². The van der Waals surface area contributed by atoms with E-state index >= 15 is 0 Å². The van der Waals surface area contributed by atoms with E-state index in [0.29, 0.717) is 12.6 Å². The molecule has 0 spiro atoms. The summed E-state index contributed by atoms with van der Waals surface area (Å²) in [6.07, 6.45) is 2.30. The molecule has 1 N–H and O–H groups in total. The van der Waals surface area contributed by atoms with Crippen LogP contribution in [0.25, 0.3) is 0 Å². The number of hydrogen-bond donors (Lipinski definition) is 1. The fraction of sp³-hybridized carbons (Fsp3) is 0.526. The Labute approximate surface area is 149 Å². The van der Waals surface area contributed by atoms with Crippen LogP contribution in [-0.4, -0.2) is 32.1 Å². The van der Waals surface area contributed by atoms with Crippen molar-refractivity contribution in [1.29, 1.82) is 0 Å². The molecule has 1 amide bonds. The summed E-state index contributed by atoms with van der Waals surface area (Å²) in [6.45, 7) is 8.22. The number of amides is 1. The highest BCUT2D eigenvalue weighted by molar-refractivity contribution is 5.72. The first-order valence-corrected chi connectivity index (χ1v) is 8.89. The summed E-state index contributed by atoms with van der Waals surface area (Å²) in [5.41, 5.74) is 5.67. The van der Waals surface area contributed by atoms with Crippen molar-refractivity contribution in [1.82, 2.24) is 25.0 Å². The summed E-state index contributed by atoms with van der Waals surface area (Å²) in [4.78, 5) is 18.4. The molecule has 2 aromatic rings. The van der Waals surface area contributed by atoms with Crippen molar-refractivity contribution in [3.05, 3.63) is 46.5 Å². The first-order valence-electron chi connectivity index (χ1n) is 8.89. The predicted molar refractivity (Wildman–Crippen MR) is 96.8 cm³/mol. The second-order valence-corrected chi connectivity index (χ2v) is 6.87. The average Bonchev–Trinajstić information content (AvgIpc) is 3.14. The van der Waals surface area contributed by atoms with Crippen LogP contribution >= 0.6 is 0 Å². The van der Waals surface area contributed by atoms with Gasteiger partial charge in [-0.05, 0) is 45.4 Å². The first-order chi connectivity index (χ1) is 12.0. The molecule has 1 fully saturated rings. The Kier molecular flexibility index (Phi) is 5.18. The Morgan fingerprint density at radius 2 is 2.16 bits per heavy atom. The lowest BCUT2D eigenvalue weighted by Crippen LogP contribution is -2.25. The summed E-state index contributed by atoms with van der Waals surface area (Å²) in [5, 5.41) is 7.36. The Morgan fingerprint density at radius 3 is 2.84 bits per heavy atom.